The first-order valence-corrected chi connectivity index (χ1v) is 9.55. The summed E-state index contributed by atoms with van der Waals surface area (Å²) in [5.41, 5.74) is 2.92. The number of aryl methyl sites for hydroxylation is 1. The van der Waals surface area contributed by atoms with Crippen molar-refractivity contribution < 1.29 is 18.8 Å². The number of halogens is 1. The molecular formula is C23H19FN4O3. The Labute approximate surface area is 177 Å². The standard InChI is InChI=1S/C23H19FN4O3/c1-15-4-2-5-17(12-15)25-21(29)14-28-22(30)20(26-23(28)31)13-19-6-3-11-27(19)18-9-7-16(24)8-10-18/h2-13H,14H2,1H3,(H,25,29)(H,26,31)/b20-13+. The molecule has 0 bridgehead atoms. The second-order valence-corrected chi connectivity index (χ2v) is 7.08. The molecule has 0 atom stereocenters. The van der Waals surface area contributed by atoms with Gasteiger partial charge in [-0.15, -0.1) is 0 Å². The number of hydrogen-bond acceptors (Lipinski definition) is 3. The van der Waals surface area contributed by atoms with Gasteiger partial charge in [0.05, 0.1) is 0 Å². The first-order chi connectivity index (χ1) is 14.9. The number of urea groups is 1. The highest BCUT2D eigenvalue weighted by atomic mass is 19.1. The molecule has 0 radical (unpaired) electrons. The summed E-state index contributed by atoms with van der Waals surface area (Å²) in [5, 5.41) is 5.18. The highest BCUT2D eigenvalue weighted by Gasteiger charge is 2.35. The quantitative estimate of drug-likeness (QED) is 0.492. The molecule has 1 fully saturated rings. The average Bonchev–Trinajstić information content (AvgIpc) is 3.29. The number of aromatic nitrogens is 1. The van der Waals surface area contributed by atoms with Gasteiger partial charge in [-0.05, 0) is 67.1 Å². The van der Waals surface area contributed by atoms with Crippen LogP contribution in [-0.4, -0.2) is 33.9 Å². The molecule has 0 aliphatic carbocycles. The van der Waals surface area contributed by atoms with E-state index in [1.54, 1.807) is 53.2 Å². The van der Waals surface area contributed by atoms with E-state index in [4.69, 9.17) is 0 Å². The minimum absolute atomic E-state index is 0.0513. The topological polar surface area (TPSA) is 83.4 Å². The van der Waals surface area contributed by atoms with Gasteiger partial charge in [-0.3, -0.25) is 9.59 Å². The highest BCUT2D eigenvalue weighted by molar-refractivity contribution is 6.15. The van der Waals surface area contributed by atoms with Gasteiger partial charge >= 0.3 is 6.03 Å². The molecule has 3 aromatic rings. The van der Waals surface area contributed by atoms with Gasteiger partial charge in [-0.1, -0.05) is 12.1 Å². The SMILES string of the molecule is Cc1cccc(NC(=O)CN2C(=O)N/C(=C/c3cccn3-c3ccc(F)cc3)C2=O)c1. The Morgan fingerprint density at radius 3 is 2.61 bits per heavy atom. The lowest BCUT2D eigenvalue weighted by molar-refractivity contribution is -0.127. The van der Waals surface area contributed by atoms with E-state index in [1.807, 2.05) is 13.0 Å². The van der Waals surface area contributed by atoms with Gasteiger partial charge in [0.1, 0.15) is 18.1 Å². The Morgan fingerprint density at radius 1 is 1.10 bits per heavy atom. The van der Waals surface area contributed by atoms with Crippen LogP contribution in [0.4, 0.5) is 14.9 Å². The number of nitrogens with zero attached hydrogens (tertiary/aromatic N) is 2. The lowest BCUT2D eigenvalue weighted by Crippen LogP contribution is -2.38. The first-order valence-electron chi connectivity index (χ1n) is 9.55. The summed E-state index contributed by atoms with van der Waals surface area (Å²) in [6, 6.07) is 15.9. The van der Waals surface area contributed by atoms with Crippen molar-refractivity contribution in [3.63, 3.8) is 0 Å². The average molecular weight is 418 g/mol. The second-order valence-electron chi connectivity index (χ2n) is 7.08. The third-order valence-corrected chi connectivity index (χ3v) is 4.74. The molecule has 1 aliphatic heterocycles. The van der Waals surface area contributed by atoms with E-state index >= 15 is 0 Å². The lowest BCUT2D eigenvalue weighted by atomic mass is 10.2. The van der Waals surface area contributed by atoms with Gasteiger partial charge in [0.2, 0.25) is 5.91 Å². The maximum atomic E-state index is 13.2. The summed E-state index contributed by atoms with van der Waals surface area (Å²) in [7, 11) is 0. The molecule has 4 rings (SSSR count). The molecule has 31 heavy (non-hydrogen) atoms. The van der Waals surface area contributed by atoms with Crippen LogP contribution in [0.1, 0.15) is 11.3 Å². The van der Waals surface area contributed by atoms with Crippen LogP contribution in [0, 0.1) is 12.7 Å². The summed E-state index contributed by atoms with van der Waals surface area (Å²) < 4.78 is 15.0. The second kappa shape index (κ2) is 8.27. The van der Waals surface area contributed by atoms with E-state index in [0.29, 0.717) is 17.1 Å². The Hall–Kier alpha value is -4.20. The molecule has 0 spiro atoms. The van der Waals surface area contributed by atoms with Gasteiger partial charge < -0.3 is 15.2 Å². The molecule has 2 N–H and O–H groups in total. The van der Waals surface area contributed by atoms with Crippen LogP contribution in [0.15, 0.2) is 72.6 Å². The molecule has 7 nitrogen and oxygen atoms in total. The molecule has 156 valence electrons. The molecule has 1 aromatic heterocycles. The molecule has 1 saturated heterocycles. The van der Waals surface area contributed by atoms with Crippen LogP contribution < -0.4 is 10.6 Å². The minimum Gasteiger partial charge on any atom is -0.325 e. The maximum absolute atomic E-state index is 13.2. The van der Waals surface area contributed by atoms with Gasteiger partial charge in [-0.2, -0.15) is 0 Å². The minimum atomic E-state index is -0.671. The largest absolute Gasteiger partial charge is 0.329 e. The zero-order chi connectivity index (χ0) is 22.0. The van der Waals surface area contributed by atoms with E-state index in [9.17, 15) is 18.8 Å². The van der Waals surface area contributed by atoms with Crippen molar-refractivity contribution in [3.05, 3.63) is 89.6 Å². The number of carbonyl (C=O) groups excluding carboxylic acids is 3. The smallest absolute Gasteiger partial charge is 0.325 e. The number of rotatable bonds is 5. The third kappa shape index (κ3) is 4.37. The molecule has 2 aromatic carbocycles. The van der Waals surface area contributed by atoms with Crippen LogP contribution in [0.25, 0.3) is 11.8 Å². The first kappa shape index (κ1) is 20.1. The molecule has 1 aliphatic rings. The van der Waals surface area contributed by atoms with Gasteiger partial charge in [0, 0.05) is 23.3 Å². The molecular weight excluding hydrogens is 399 g/mol. The van der Waals surface area contributed by atoms with Crippen molar-refractivity contribution in [1.82, 2.24) is 14.8 Å². The third-order valence-electron chi connectivity index (χ3n) is 4.74. The van der Waals surface area contributed by atoms with Crippen molar-refractivity contribution >= 4 is 29.6 Å². The number of hydrogen-bond donors (Lipinski definition) is 2. The predicted molar refractivity (Wildman–Crippen MR) is 114 cm³/mol. The van der Waals surface area contributed by atoms with E-state index in [-0.39, 0.29) is 11.5 Å². The van der Waals surface area contributed by atoms with Crippen LogP contribution in [0.5, 0.6) is 0 Å². The number of anilines is 1. The van der Waals surface area contributed by atoms with Gasteiger partial charge in [-0.25, -0.2) is 14.1 Å². The van der Waals surface area contributed by atoms with E-state index in [1.165, 1.54) is 18.2 Å². The molecule has 2 heterocycles. The van der Waals surface area contributed by atoms with Crippen LogP contribution in [-0.2, 0) is 9.59 Å². The van der Waals surface area contributed by atoms with Gasteiger partial charge in [0.25, 0.3) is 5.91 Å². The van der Waals surface area contributed by atoms with Crippen molar-refractivity contribution in [2.24, 2.45) is 0 Å². The molecule has 8 heteroatoms. The Bertz CT molecular complexity index is 1200. The van der Waals surface area contributed by atoms with Crippen molar-refractivity contribution in [2.75, 3.05) is 11.9 Å². The van der Waals surface area contributed by atoms with Crippen molar-refractivity contribution in [3.8, 4) is 5.69 Å². The number of amides is 4. The number of imide groups is 1. The summed E-state index contributed by atoms with van der Waals surface area (Å²) in [6.45, 7) is 1.49. The monoisotopic (exact) mass is 418 g/mol. The summed E-state index contributed by atoms with van der Waals surface area (Å²) in [5.74, 6) is -1.44. The van der Waals surface area contributed by atoms with E-state index in [0.717, 1.165) is 10.5 Å². The summed E-state index contributed by atoms with van der Waals surface area (Å²) in [4.78, 5) is 38.2. The Kier molecular flexibility index (Phi) is 5.36. The zero-order valence-electron chi connectivity index (χ0n) is 16.6. The van der Waals surface area contributed by atoms with Crippen LogP contribution >= 0.6 is 0 Å². The fraction of sp³-hybridized carbons (Fsp3) is 0.0870. The Balaban J connectivity index is 1.50. The summed E-state index contributed by atoms with van der Waals surface area (Å²) >= 11 is 0. The zero-order valence-corrected chi connectivity index (χ0v) is 16.6. The fourth-order valence-corrected chi connectivity index (χ4v) is 3.28. The van der Waals surface area contributed by atoms with Crippen LogP contribution in [0.3, 0.4) is 0 Å². The lowest BCUT2D eigenvalue weighted by Gasteiger charge is -2.12. The number of carbonyl (C=O) groups is 3. The normalized spacial score (nSPS) is 14.8. The van der Waals surface area contributed by atoms with E-state index in [2.05, 4.69) is 10.6 Å². The molecule has 4 amide bonds. The van der Waals surface area contributed by atoms with Gasteiger partial charge in [0.15, 0.2) is 0 Å². The number of benzene rings is 2. The summed E-state index contributed by atoms with van der Waals surface area (Å²) in [6.07, 6.45) is 3.27. The number of nitrogens with one attached hydrogen (secondary N) is 2. The Morgan fingerprint density at radius 2 is 1.87 bits per heavy atom. The fourth-order valence-electron chi connectivity index (χ4n) is 3.28. The van der Waals surface area contributed by atoms with Crippen LogP contribution in [0.2, 0.25) is 0 Å². The van der Waals surface area contributed by atoms with Crippen molar-refractivity contribution in [1.29, 1.82) is 0 Å². The maximum Gasteiger partial charge on any atom is 0.329 e. The molecule has 0 saturated carbocycles. The molecule has 0 unspecified atom stereocenters. The van der Waals surface area contributed by atoms with E-state index < -0.39 is 24.4 Å². The predicted octanol–water partition coefficient (Wildman–Crippen LogP) is 3.46. The highest BCUT2D eigenvalue weighted by Crippen LogP contribution is 2.19. The van der Waals surface area contributed by atoms with Crippen molar-refractivity contribution in [2.45, 2.75) is 6.92 Å².